The summed E-state index contributed by atoms with van der Waals surface area (Å²) in [4.78, 5) is 11.8. The van der Waals surface area contributed by atoms with Crippen molar-refractivity contribution in [3.05, 3.63) is 28.8 Å². The Morgan fingerprint density at radius 2 is 2.24 bits per heavy atom. The highest BCUT2D eigenvalue weighted by molar-refractivity contribution is 6.31. The van der Waals surface area contributed by atoms with Crippen molar-refractivity contribution in [2.45, 2.75) is 39.2 Å². The fourth-order valence-electron chi connectivity index (χ4n) is 1.52. The van der Waals surface area contributed by atoms with Crippen LogP contribution in [0, 0.1) is 6.92 Å². The highest BCUT2D eigenvalue weighted by Gasteiger charge is 2.14. The van der Waals surface area contributed by atoms with E-state index < -0.39 is 6.04 Å². The lowest BCUT2D eigenvalue weighted by Crippen LogP contribution is -2.35. The summed E-state index contributed by atoms with van der Waals surface area (Å²) in [5, 5.41) is 3.45. The molecule has 0 unspecified atom stereocenters. The average Bonchev–Trinajstić information content (AvgIpc) is 2.31. The number of hydrogen-bond donors (Lipinski definition) is 2. The van der Waals surface area contributed by atoms with E-state index in [1.165, 1.54) is 0 Å². The minimum atomic E-state index is -0.451. The lowest BCUT2D eigenvalue weighted by molar-refractivity contribution is -0.117. The van der Waals surface area contributed by atoms with Crippen LogP contribution in [-0.4, -0.2) is 11.9 Å². The SMILES string of the molecule is CCCC[C@H](N)C(=O)Nc1cccc(Cl)c1C. The molecule has 0 saturated carbocycles. The van der Waals surface area contributed by atoms with Gasteiger partial charge in [0.1, 0.15) is 0 Å². The van der Waals surface area contributed by atoms with Gasteiger partial charge in [-0.05, 0) is 31.0 Å². The molecule has 0 saturated heterocycles. The van der Waals surface area contributed by atoms with E-state index in [1.807, 2.05) is 19.1 Å². The zero-order valence-electron chi connectivity index (χ0n) is 10.3. The van der Waals surface area contributed by atoms with E-state index in [4.69, 9.17) is 17.3 Å². The van der Waals surface area contributed by atoms with Crippen molar-refractivity contribution in [1.29, 1.82) is 0 Å². The molecular weight excluding hydrogens is 236 g/mol. The minimum Gasteiger partial charge on any atom is -0.324 e. The second kappa shape index (κ2) is 6.62. The molecule has 0 fully saturated rings. The van der Waals surface area contributed by atoms with Gasteiger partial charge < -0.3 is 11.1 Å². The summed E-state index contributed by atoms with van der Waals surface area (Å²) in [6.45, 7) is 3.95. The summed E-state index contributed by atoms with van der Waals surface area (Å²) < 4.78 is 0. The zero-order chi connectivity index (χ0) is 12.8. The molecule has 0 aliphatic heterocycles. The number of halogens is 1. The van der Waals surface area contributed by atoms with Crippen molar-refractivity contribution >= 4 is 23.2 Å². The van der Waals surface area contributed by atoms with E-state index in [0.29, 0.717) is 11.4 Å². The molecule has 0 radical (unpaired) electrons. The number of hydrogen-bond acceptors (Lipinski definition) is 2. The molecule has 0 bridgehead atoms. The topological polar surface area (TPSA) is 55.1 Å². The van der Waals surface area contributed by atoms with Gasteiger partial charge in [0.05, 0.1) is 6.04 Å². The minimum absolute atomic E-state index is 0.149. The number of nitrogens with one attached hydrogen (secondary N) is 1. The van der Waals surface area contributed by atoms with Crippen molar-refractivity contribution in [3.8, 4) is 0 Å². The smallest absolute Gasteiger partial charge is 0.241 e. The Kier molecular flexibility index (Phi) is 5.45. The number of carbonyl (C=O) groups is 1. The lowest BCUT2D eigenvalue weighted by atomic mass is 10.1. The summed E-state index contributed by atoms with van der Waals surface area (Å²) in [7, 11) is 0. The van der Waals surface area contributed by atoms with Gasteiger partial charge >= 0.3 is 0 Å². The molecule has 4 heteroatoms. The molecule has 0 spiro atoms. The van der Waals surface area contributed by atoms with E-state index in [9.17, 15) is 4.79 Å². The summed E-state index contributed by atoms with van der Waals surface area (Å²) in [5.74, 6) is -0.149. The van der Waals surface area contributed by atoms with Crippen LogP contribution in [0.2, 0.25) is 5.02 Å². The van der Waals surface area contributed by atoms with Crippen molar-refractivity contribution in [3.63, 3.8) is 0 Å². The van der Waals surface area contributed by atoms with Crippen LogP contribution in [-0.2, 0) is 4.79 Å². The molecule has 1 atom stereocenters. The third-order valence-electron chi connectivity index (χ3n) is 2.73. The van der Waals surface area contributed by atoms with E-state index in [0.717, 1.165) is 24.1 Å². The van der Waals surface area contributed by atoms with Crippen LogP contribution in [0.4, 0.5) is 5.69 Å². The lowest BCUT2D eigenvalue weighted by Gasteiger charge is -2.13. The quantitative estimate of drug-likeness (QED) is 0.848. The van der Waals surface area contributed by atoms with Crippen molar-refractivity contribution in [2.75, 3.05) is 5.32 Å². The summed E-state index contributed by atoms with van der Waals surface area (Å²) in [6, 6.07) is 4.98. The van der Waals surface area contributed by atoms with E-state index in [1.54, 1.807) is 6.07 Å². The van der Waals surface area contributed by atoms with Crippen molar-refractivity contribution < 1.29 is 4.79 Å². The van der Waals surface area contributed by atoms with Gasteiger partial charge in [-0.25, -0.2) is 0 Å². The van der Waals surface area contributed by atoms with E-state index in [2.05, 4.69) is 12.2 Å². The zero-order valence-corrected chi connectivity index (χ0v) is 11.1. The van der Waals surface area contributed by atoms with Crippen LogP contribution >= 0.6 is 11.6 Å². The molecule has 0 aliphatic carbocycles. The van der Waals surface area contributed by atoms with Gasteiger partial charge in [0, 0.05) is 10.7 Å². The number of nitrogens with two attached hydrogens (primary N) is 1. The normalized spacial score (nSPS) is 12.2. The summed E-state index contributed by atoms with van der Waals surface area (Å²) in [5.41, 5.74) is 7.39. The predicted octanol–water partition coefficient (Wildman–Crippen LogP) is 3.10. The van der Waals surface area contributed by atoms with Crippen LogP contribution in [0.3, 0.4) is 0 Å². The Hall–Kier alpha value is -1.06. The molecule has 94 valence electrons. The fraction of sp³-hybridized carbons (Fsp3) is 0.462. The molecule has 3 nitrogen and oxygen atoms in total. The van der Waals surface area contributed by atoms with Crippen LogP contribution in [0.25, 0.3) is 0 Å². The second-order valence-corrected chi connectivity index (χ2v) is 4.56. The molecule has 1 aromatic carbocycles. The van der Waals surface area contributed by atoms with Crippen LogP contribution in [0.1, 0.15) is 31.7 Å². The van der Waals surface area contributed by atoms with Crippen molar-refractivity contribution in [1.82, 2.24) is 0 Å². The number of benzene rings is 1. The second-order valence-electron chi connectivity index (χ2n) is 4.15. The van der Waals surface area contributed by atoms with Gasteiger partial charge in [-0.15, -0.1) is 0 Å². The van der Waals surface area contributed by atoms with Gasteiger partial charge in [0.2, 0.25) is 5.91 Å². The summed E-state index contributed by atoms with van der Waals surface area (Å²) in [6.07, 6.45) is 2.71. The number of rotatable bonds is 5. The van der Waals surface area contributed by atoms with Crippen LogP contribution in [0.5, 0.6) is 0 Å². The van der Waals surface area contributed by atoms with E-state index >= 15 is 0 Å². The molecule has 17 heavy (non-hydrogen) atoms. The Morgan fingerprint density at radius 3 is 2.88 bits per heavy atom. The van der Waals surface area contributed by atoms with Gasteiger partial charge in [-0.3, -0.25) is 4.79 Å². The number of unbranched alkanes of at least 4 members (excludes halogenated alkanes) is 1. The fourth-order valence-corrected chi connectivity index (χ4v) is 1.70. The first kappa shape index (κ1) is 14.0. The predicted molar refractivity (Wildman–Crippen MR) is 72.3 cm³/mol. The maximum Gasteiger partial charge on any atom is 0.241 e. The maximum atomic E-state index is 11.8. The molecule has 1 rings (SSSR count). The third-order valence-corrected chi connectivity index (χ3v) is 3.14. The van der Waals surface area contributed by atoms with Crippen molar-refractivity contribution in [2.24, 2.45) is 5.73 Å². The first-order valence-corrected chi connectivity index (χ1v) is 6.25. The van der Waals surface area contributed by atoms with Gasteiger partial charge in [0.25, 0.3) is 0 Å². The Labute approximate surface area is 107 Å². The molecular formula is C13H19ClN2O. The number of anilines is 1. The Bertz CT molecular complexity index is 393. The largest absolute Gasteiger partial charge is 0.324 e. The standard InChI is InChI=1S/C13H19ClN2O/c1-3-4-7-11(15)13(17)16-12-8-5-6-10(14)9(12)2/h5-6,8,11H,3-4,7,15H2,1-2H3,(H,16,17)/t11-/m0/s1. The Balaban J connectivity index is 2.64. The average molecular weight is 255 g/mol. The molecule has 1 amide bonds. The number of amides is 1. The maximum absolute atomic E-state index is 11.8. The highest BCUT2D eigenvalue weighted by atomic mass is 35.5. The first-order chi connectivity index (χ1) is 8.06. The van der Waals surface area contributed by atoms with Gasteiger partial charge in [-0.2, -0.15) is 0 Å². The van der Waals surface area contributed by atoms with Crippen LogP contribution < -0.4 is 11.1 Å². The first-order valence-electron chi connectivity index (χ1n) is 5.87. The summed E-state index contributed by atoms with van der Waals surface area (Å²) >= 11 is 5.98. The Morgan fingerprint density at radius 1 is 1.53 bits per heavy atom. The molecule has 0 heterocycles. The molecule has 0 aliphatic rings. The highest BCUT2D eigenvalue weighted by Crippen LogP contribution is 2.23. The van der Waals surface area contributed by atoms with Gasteiger partial charge in [-0.1, -0.05) is 37.4 Å². The van der Waals surface area contributed by atoms with E-state index in [-0.39, 0.29) is 5.91 Å². The van der Waals surface area contributed by atoms with Gasteiger partial charge in [0.15, 0.2) is 0 Å². The molecule has 3 N–H and O–H groups in total. The van der Waals surface area contributed by atoms with Crippen LogP contribution in [0.15, 0.2) is 18.2 Å². The third kappa shape index (κ3) is 4.02. The molecule has 0 aromatic heterocycles. The molecule has 1 aromatic rings. The number of carbonyl (C=O) groups excluding carboxylic acids is 1. The monoisotopic (exact) mass is 254 g/mol.